The predicted octanol–water partition coefficient (Wildman–Crippen LogP) is 3.61. The van der Waals surface area contributed by atoms with Crippen LogP contribution in [0.3, 0.4) is 0 Å². The normalized spacial score (nSPS) is 13.5. The summed E-state index contributed by atoms with van der Waals surface area (Å²) in [4.78, 5) is 13.3. The standard InChI is InChI=1S/C18H17N3O2S/c22-17(16-14-9-5-4-8-13(14)11-24-16)19-10-15-20-21-18(23-15)12-6-2-1-3-7-12/h1-3,6-7,11H,4-5,8-10H2,(H,19,22). The van der Waals surface area contributed by atoms with Crippen LogP contribution in [0.5, 0.6) is 0 Å². The minimum Gasteiger partial charge on any atom is -0.419 e. The first kappa shape index (κ1) is 15.1. The highest BCUT2D eigenvalue weighted by atomic mass is 32.1. The third-order valence-electron chi connectivity index (χ3n) is 4.20. The molecule has 1 N–H and O–H groups in total. The molecular formula is C18H17N3O2S. The molecule has 0 bridgehead atoms. The number of nitrogens with zero attached hydrogens (tertiary/aromatic N) is 2. The van der Waals surface area contributed by atoms with Gasteiger partial charge in [0, 0.05) is 5.56 Å². The fourth-order valence-electron chi connectivity index (χ4n) is 2.97. The Balaban J connectivity index is 1.43. The number of amides is 1. The van der Waals surface area contributed by atoms with E-state index in [9.17, 15) is 4.79 Å². The highest BCUT2D eigenvalue weighted by Gasteiger charge is 2.20. The van der Waals surface area contributed by atoms with E-state index in [-0.39, 0.29) is 12.5 Å². The molecule has 1 aliphatic rings. The number of thiophene rings is 1. The van der Waals surface area contributed by atoms with Gasteiger partial charge in [-0.1, -0.05) is 18.2 Å². The predicted molar refractivity (Wildman–Crippen MR) is 91.9 cm³/mol. The molecule has 5 nitrogen and oxygen atoms in total. The van der Waals surface area contributed by atoms with Crippen LogP contribution in [0.25, 0.3) is 11.5 Å². The number of aryl methyl sites for hydroxylation is 1. The Labute approximate surface area is 143 Å². The van der Waals surface area contributed by atoms with E-state index in [0.717, 1.165) is 29.7 Å². The van der Waals surface area contributed by atoms with E-state index in [1.807, 2.05) is 30.3 Å². The monoisotopic (exact) mass is 339 g/mol. The van der Waals surface area contributed by atoms with Crippen molar-refractivity contribution in [3.63, 3.8) is 0 Å². The number of rotatable bonds is 4. The average Bonchev–Trinajstić information content (AvgIpc) is 3.27. The fourth-order valence-corrected chi connectivity index (χ4v) is 4.04. The highest BCUT2D eigenvalue weighted by Crippen LogP contribution is 2.29. The molecule has 0 spiro atoms. The SMILES string of the molecule is O=C(NCc1nnc(-c2ccccc2)o1)c1scc2c1CCCC2. The summed E-state index contributed by atoms with van der Waals surface area (Å²) in [6, 6.07) is 9.59. The van der Waals surface area contributed by atoms with Crippen LogP contribution < -0.4 is 5.32 Å². The van der Waals surface area contributed by atoms with Gasteiger partial charge in [-0.05, 0) is 54.3 Å². The lowest BCUT2D eigenvalue weighted by Gasteiger charge is -2.12. The third kappa shape index (κ3) is 2.97. The van der Waals surface area contributed by atoms with Crippen LogP contribution in [0, 0.1) is 0 Å². The molecular weight excluding hydrogens is 322 g/mol. The fraction of sp³-hybridized carbons (Fsp3) is 0.278. The third-order valence-corrected chi connectivity index (χ3v) is 5.27. The van der Waals surface area contributed by atoms with Gasteiger partial charge < -0.3 is 9.73 Å². The van der Waals surface area contributed by atoms with Crippen LogP contribution in [0.1, 0.15) is 39.5 Å². The number of fused-ring (bicyclic) bond motifs is 1. The van der Waals surface area contributed by atoms with Crippen molar-refractivity contribution in [3.05, 3.63) is 57.6 Å². The van der Waals surface area contributed by atoms with Crippen LogP contribution in [0.15, 0.2) is 40.1 Å². The molecule has 0 unspecified atom stereocenters. The summed E-state index contributed by atoms with van der Waals surface area (Å²) in [5.74, 6) is 0.823. The lowest BCUT2D eigenvalue weighted by atomic mass is 9.94. The largest absolute Gasteiger partial charge is 0.419 e. The van der Waals surface area contributed by atoms with Crippen molar-refractivity contribution < 1.29 is 9.21 Å². The number of carbonyl (C=O) groups excluding carboxylic acids is 1. The second kappa shape index (κ2) is 6.57. The molecule has 0 fully saturated rings. The Bertz CT molecular complexity index is 854. The first-order valence-electron chi connectivity index (χ1n) is 8.06. The molecule has 2 heterocycles. The van der Waals surface area contributed by atoms with E-state index in [1.165, 1.54) is 28.9 Å². The maximum absolute atomic E-state index is 12.4. The van der Waals surface area contributed by atoms with E-state index in [1.54, 1.807) is 0 Å². The zero-order valence-corrected chi connectivity index (χ0v) is 13.9. The van der Waals surface area contributed by atoms with Gasteiger partial charge in [-0.25, -0.2) is 0 Å². The Morgan fingerprint density at radius 1 is 1.17 bits per heavy atom. The molecule has 0 radical (unpaired) electrons. The van der Waals surface area contributed by atoms with Gasteiger partial charge in [-0.2, -0.15) is 0 Å². The molecule has 1 amide bonds. The lowest BCUT2D eigenvalue weighted by molar-refractivity contribution is 0.0950. The Morgan fingerprint density at radius 2 is 2.00 bits per heavy atom. The minimum absolute atomic E-state index is 0.0531. The van der Waals surface area contributed by atoms with E-state index in [0.29, 0.717) is 11.8 Å². The van der Waals surface area contributed by atoms with Crippen molar-refractivity contribution in [1.29, 1.82) is 0 Å². The number of nitrogens with one attached hydrogen (secondary N) is 1. The van der Waals surface area contributed by atoms with Crippen molar-refractivity contribution in [2.75, 3.05) is 0 Å². The van der Waals surface area contributed by atoms with Crippen LogP contribution >= 0.6 is 11.3 Å². The van der Waals surface area contributed by atoms with E-state index in [4.69, 9.17) is 4.42 Å². The average molecular weight is 339 g/mol. The quantitative estimate of drug-likeness (QED) is 0.788. The number of aromatic nitrogens is 2. The summed E-state index contributed by atoms with van der Waals surface area (Å²) < 4.78 is 5.62. The number of hydrogen-bond acceptors (Lipinski definition) is 5. The summed E-state index contributed by atoms with van der Waals surface area (Å²) in [5, 5.41) is 13.0. The van der Waals surface area contributed by atoms with Gasteiger partial charge in [0.15, 0.2) is 0 Å². The van der Waals surface area contributed by atoms with Crippen molar-refractivity contribution in [1.82, 2.24) is 15.5 Å². The molecule has 3 aromatic rings. The summed E-state index contributed by atoms with van der Waals surface area (Å²) in [6.07, 6.45) is 4.46. The maximum atomic E-state index is 12.4. The van der Waals surface area contributed by atoms with Gasteiger partial charge in [-0.15, -0.1) is 21.5 Å². The van der Waals surface area contributed by atoms with Crippen molar-refractivity contribution in [2.24, 2.45) is 0 Å². The van der Waals surface area contributed by atoms with Crippen molar-refractivity contribution in [3.8, 4) is 11.5 Å². The van der Waals surface area contributed by atoms with E-state index in [2.05, 4.69) is 20.9 Å². The molecule has 0 atom stereocenters. The van der Waals surface area contributed by atoms with Gasteiger partial charge in [0.05, 0.1) is 11.4 Å². The Hall–Kier alpha value is -2.47. The molecule has 122 valence electrons. The summed E-state index contributed by atoms with van der Waals surface area (Å²) >= 11 is 1.53. The van der Waals surface area contributed by atoms with Gasteiger partial charge in [-0.3, -0.25) is 4.79 Å². The molecule has 0 saturated carbocycles. The number of carbonyl (C=O) groups is 1. The summed E-state index contributed by atoms with van der Waals surface area (Å²) in [5.41, 5.74) is 3.43. The Morgan fingerprint density at radius 3 is 2.88 bits per heavy atom. The van der Waals surface area contributed by atoms with E-state index < -0.39 is 0 Å². The Kier molecular flexibility index (Phi) is 4.13. The molecule has 0 saturated heterocycles. The van der Waals surface area contributed by atoms with Crippen molar-refractivity contribution >= 4 is 17.2 Å². The van der Waals surface area contributed by atoms with Gasteiger partial charge >= 0.3 is 0 Å². The van der Waals surface area contributed by atoms with Crippen molar-refractivity contribution in [2.45, 2.75) is 32.2 Å². The molecule has 24 heavy (non-hydrogen) atoms. The van der Waals surface area contributed by atoms with Crippen LogP contribution in [0.4, 0.5) is 0 Å². The first-order valence-corrected chi connectivity index (χ1v) is 8.94. The molecule has 1 aliphatic carbocycles. The summed E-state index contributed by atoms with van der Waals surface area (Å²) in [6.45, 7) is 0.241. The zero-order valence-electron chi connectivity index (χ0n) is 13.1. The number of hydrogen-bond donors (Lipinski definition) is 1. The van der Waals surface area contributed by atoms with Crippen LogP contribution in [0.2, 0.25) is 0 Å². The topological polar surface area (TPSA) is 68.0 Å². The van der Waals surface area contributed by atoms with E-state index >= 15 is 0 Å². The molecule has 6 heteroatoms. The maximum Gasteiger partial charge on any atom is 0.262 e. The minimum atomic E-state index is -0.0531. The molecule has 1 aromatic carbocycles. The van der Waals surface area contributed by atoms with Crippen LogP contribution in [-0.4, -0.2) is 16.1 Å². The molecule has 4 rings (SSSR count). The lowest BCUT2D eigenvalue weighted by Crippen LogP contribution is -2.23. The molecule has 2 aromatic heterocycles. The first-order chi connectivity index (χ1) is 11.8. The zero-order chi connectivity index (χ0) is 16.4. The number of benzene rings is 1. The molecule has 0 aliphatic heterocycles. The van der Waals surface area contributed by atoms with Gasteiger partial charge in [0.1, 0.15) is 0 Å². The van der Waals surface area contributed by atoms with Gasteiger partial charge in [0.25, 0.3) is 5.91 Å². The van der Waals surface area contributed by atoms with Gasteiger partial charge in [0.2, 0.25) is 11.8 Å². The van der Waals surface area contributed by atoms with Crippen LogP contribution in [-0.2, 0) is 19.4 Å². The second-order valence-corrected chi connectivity index (χ2v) is 6.71. The highest BCUT2D eigenvalue weighted by molar-refractivity contribution is 7.12. The second-order valence-electron chi connectivity index (χ2n) is 5.83. The smallest absolute Gasteiger partial charge is 0.262 e. The summed E-state index contributed by atoms with van der Waals surface area (Å²) in [7, 11) is 0.